The molecule has 0 spiro atoms. The molecule has 0 saturated carbocycles. The first-order chi connectivity index (χ1) is 7.72. The topological polar surface area (TPSA) is 54.3 Å². The lowest BCUT2D eigenvalue weighted by Crippen LogP contribution is -2.50. The second-order valence-corrected chi connectivity index (χ2v) is 3.76. The van der Waals surface area contributed by atoms with Gasteiger partial charge in [0, 0.05) is 25.8 Å². The molecule has 86 valence electrons. The van der Waals surface area contributed by atoms with E-state index in [1.165, 1.54) is 0 Å². The number of rotatable bonds is 2. The van der Waals surface area contributed by atoms with Crippen LogP contribution >= 0.6 is 0 Å². The summed E-state index contributed by atoms with van der Waals surface area (Å²) < 4.78 is 1.88. The Labute approximate surface area is 94.0 Å². The fourth-order valence-corrected chi connectivity index (χ4v) is 1.86. The standard InChI is InChI=1S/C11H15N3O2/c1-2-13-6-3-4-9(13)11(16)14-7-5-12-10(15)8-14/h3-4,6H,2,5,7-8H2,1H3,(H,12,15). The van der Waals surface area contributed by atoms with E-state index in [2.05, 4.69) is 5.32 Å². The quantitative estimate of drug-likeness (QED) is 0.769. The van der Waals surface area contributed by atoms with Crippen molar-refractivity contribution >= 4 is 11.8 Å². The Balaban J connectivity index is 2.15. The van der Waals surface area contributed by atoms with Gasteiger partial charge in [-0.3, -0.25) is 9.59 Å². The number of carbonyl (C=O) groups excluding carboxylic acids is 2. The summed E-state index contributed by atoms with van der Waals surface area (Å²) in [4.78, 5) is 24.9. The largest absolute Gasteiger partial charge is 0.353 e. The molecule has 1 saturated heterocycles. The van der Waals surface area contributed by atoms with Crippen molar-refractivity contribution in [3.05, 3.63) is 24.0 Å². The highest BCUT2D eigenvalue weighted by Crippen LogP contribution is 2.07. The molecule has 16 heavy (non-hydrogen) atoms. The fourth-order valence-electron chi connectivity index (χ4n) is 1.86. The molecule has 2 amide bonds. The number of piperazine rings is 1. The van der Waals surface area contributed by atoms with Crippen LogP contribution in [0.5, 0.6) is 0 Å². The first-order valence-corrected chi connectivity index (χ1v) is 5.43. The van der Waals surface area contributed by atoms with Gasteiger partial charge in [0.15, 0.2) is 0 Å². The Kier molecular flexibility index (Phi) is 2.94. The maximum absolute atomic E-state index is 12.1. The summed E-state index contributed by atoms with van der Waals surface area (Å²) in [6, 6.07) is 3.64. The SMILES string of the molecule is CCn1cccc1C(=O)N1CCNC(=O)C1. The molecule has 1 aliphatic rings. The van der Waals surface area contributed by atoms with Gasteiger partial charge in [0.2, 0.25) is 5.91 Å². The molecule has 0 aliphatic carbocycles. The number of hydrogen-bond donors (Lipinski definition) is 1. The molecule has 0 aromatic carbocycles. The van der Waals surface area contributed by atoms with Crippen molar-refractivity contribution < 1.29 is 9.59 Å². The van der Waals surface area contributed by atoms with Crippen molar-refractivity contribution in [2.75, 3.05) is 19.6 Å². The number of aryl methyl sites for hydroxylation is 1. The van der Waals surface area contributed by atoms with Crippen LogP contribution in [0.15, 0.2) is 18.3 Å². The highest BCUT2D eigenvalue weighted by atomic mass is 16.2. The minimum Gasteiger partial charge on any atom is -0.353 e. The second-order valence-electron chi connectivity index (χ2n) is 3.76. The molecular weight excluding hydrogens is 206 g/mol. The maximum Gasteiger partial charge on any atom is 0.271 e. The number of carbonyl (C=O) groups is 2. The summed E-state index contributed by atoms with van der Waals surface area (Å²) in [5.41, 5.74) is 0.650. The van der Waals surface area contributed by atoms with Crippen LogP contribution in [0.2, 0.25) is 0 Å². The van der Waals surface area contributed by atoms with Gasteiger partial charge in [0.1, 0.15) is 5.69 Å². The molecule has 1 N–H and O–H groups in total. The van der Waals surface area contributed by atoms with Gasteiger partial charge < -0.3 is 14.8 Å². The minimum atomic E-state index is -0.0887. The van der Waals surface area contributed by atoms with Gasteiger partial charge in [-0.15, -0.1) is 0 Å². The van der Waals surface area contributed by atoms with Crippen LogP contribution in [0.25, 0.3) is 0 Å². The molecule has 1 fully saturated rings. The first kappa shape index (κ1) is 10.7. The normalized spacial score (nSPS) is 16.1. The molecule has 5 nitrogen and oxygen atoms in total. The van der Waals surface area contributed by atoms with Crippen molar-refractivity contribution in [1.29, 1.82) is 0 Å². The van der Waals surface area contributed by atoms with Crippen LogP contribution < -0.4 is 5.32 Å². The molecule has 0 unspecified atom stereocenters. The monoisotopic (exact) mass is 221 g/mol. The lowest BCUT2D eigenvalue weighted by atomic mass is 10.3. The van der Waals surface area contributed by atoms with E-state index in [4.69, 9.17) is 0 Å². The molecule has 2 rings (SSSR count). The third-order valence-electron chi connectivity index (χ3n) is 2.71. The number of hydrogen-bond acceptors (Lipinski definition) is 2. The third-order valence-corrected chi connectivity index (χ3v) is 2.71. The molecule has 0 radical (unpaired) electrons. The average Bonchev–Trinajstić information content (AvgIpc) is 2.76. The molecular formula is C11H15N3O2. The van der Waals surface area contributed by atoms with Crippen molar-refractivity contribution in [2.24, 2.45) is 0 Å². The van der Waals surface area contributed by atoms with E-state index in [0.29, 0.717) is 18.8 Å². The van der Waals surface area contributed by atoms with Gasteiger partial charge in [-0.05, 0) is 19.1 Å². The molecule has 0 atom stereocenters. The fraction of sp³-hybridized carbons (Fsp3) is 0.455. The lowest BCUT2D eigenvalue weighted by molar-refractivity contribution is -0.123. The number of amides is 2. The Morgan fingerprint density at radius 3 is 3.06 bits per heavy atom. The molecule has 1 aromatic heterocycles. The van der Waals surface area contributed by atoms with E-state index < -0.39 is 0 Å². The summed E-state index contributed by atoms with van der Waals surface area (Å²) in [5, 5.41) is 2.70. The number of nitrogens with one attached hydrogen (secondary N) is 1. The summed E-state index contributed by atoms with van der Waals surface area (Å²) in [6.45, 7) is 4.03. The summed E-state index contributed by atoms with van der Waals surface area (Å²) in [5.74, 6) is -0.157. The molecule has 1 aliphatic heterocycles. The number of nitrogens with zero attached hydrogens (tertiary/aromatic N) is 2. The van der Waals surface area contributed by atoms with Gasteiger partial charge in [0.25, 0.3) is 5.91 Å². The van der Waals surface area contributed by atoms with Crippen molar-refractivity contribution in [2.45, 2.75) is 13.5 Å². The van der Waals surface area contributed by atoms with Gasteiger partial charge in [-0.1, -0.05) is 0 Å². The third kappa shape index (κ3) is 1.93. The Morgan fingerprint density at radius 1 is 1.56 bits per heavy atom. The zero-order valence-corrected chi connectivity index (χ0v) is 9.27. The Morgan fingerprint density at radius 2 is 2.38 bits per heavy atom. The van der Waals surface area contributed by atoms with Crippen LogP contribution in [0.1, 0.15) is 17.4 Å². The van der Waals surface area contributed by atoms with Gasteiger partial charge in [0.05, 0.1) is 6.54 Å². The van der Waals surface area contributed by atoms with Crippen LogP contribution in [0, 0.1) is 0 Å². The smallest absolute Gasteiger partial charge is 0.271 e. The predicted molar refractivity (Wildman–Crippen MR) is 59.0 cm³/mol. The number of aromatic nitrogens is 1. The lowest BCUT2D eigenvalue weighted by Gasteiger charge is -2.26. The average molecular weight is 221 g/mol. The summed E-state index contributed by atoms with van der Waals surface area (Å²) in [7, 11) is 0. The zero-order chi connectivity index (χ0) is 11.5. The van der Waals surface area contributed by atoms with E-state index in [1.807, 2.05) is 23.8 Å². The van der Waals surface area contributed by atoms with Crippen molar-refractivity contribution in [3.8, 4) is 0 Å². The van der Waals surface area contributed by atoms with Crippen LogP contribution in [-0.2, 0) is 11.3 Å². The highest BCUT2D eigenvalue weighted by molar-refractivity contribution is 5.95. The Hall–Kier alpha value is -1.78. The second kappa shape index (κ2) is 4.38. The maximum atomic E-state index is 12.1. The molecule has 5 heteroatoms. The Bertz CT molecular complexity index is 411. The highest BCUT2D eigenvalue weighted by Gasteiger charge is 2.23. The van der Waals surface area contributed by atoms with E-state index in [9.17, 15) is 9.59 Å². The molecule has 1 aromatic rings. The van der Waals surface area contributed by atoms with Gasteiger partial charge >= 0.3 is 0 Å². The molecule has 0 bridgehead atoms. The van der Waals surface area contributed by atoms with Crippen LogP contribution in [0.3, 0.4) is 0 Å². The predicted octanol–water partition coefficient (Wildman–Crippen LogP) is 0.0800. The molecule has 2 heterocycles. The van der Waals surface area contributed by atoms with E-state index in [-0.39, 0.29) is 18.4 Å². The van der Waals surface area contributed by atoms with Crippen molar-refractivity contribution in [3.63, 3.8) is 0 Å². The zero-order valence-electron chi connectivity index (χ0n) is 9.27. The van der Waals surface area contributed by atoms with Crippen molar-refractivity contribution in [1.82, 2.24) is 14.8 Å². The van der Waals surface area contributed by atoms with Crippen LogP contribution in [0.4, 0.5) is 0 Å². The van der Waals surface area contributed by atoms with E-state index >= 15 is 0 Å². The summed E-state index contributed by atoms with van der Waals surface area (Å²) in [6.07, 6.45) is 1.87. The van der Waals surface area contributed by atoms with E-state index in [1.54, 1.807) is 11.0 Å². The summed E-state index contributed by atoms with van der Waals surface area (Å²) >= 11 is 0. The van der Waals surface area contributed by atoms with Crippen LogP contribution in [-0.4, -0.2) is 40.9 Å². The minimum absolute atomic E-state index is 0.0679. The first-order valence-electron chi connectivity index (χ1n) is 5.43. The van der Waals surface area contributed by atoms with Gasteiger partial charge in [-0.25, -0.2) is 0 Å². The van der Waals surface area contributed by atoms with E-state index in [0.717, 1.165) is 6.54 Å². The van der Waals surface area contributed by atoms with Gasteiger partial charge in [-0.2, -0.15) is 0 Å².